The molecule has 0 fully saturated rings. The summed E-state index contributed by atoms with van der Waals surface area (Å²) in [5.41, 5.74) is 1.21. The van der Waals surface area contributed by atoms with Crippen LogP contribution in [0.3, 0.4) is 0 Å². The van der Waals surface area contributed by atoms with Crippen molar-refractivity contribution in [1.29, 1.82) is 0 Å². The normalized spacial score (nSPS) is 12.3. The van der Waals surface area contributed by atoms with E-state index in [1.807, 2.05) is 18.2 Å². The van der Waals surface area contributed by atoms with E-state index in [-0.39, 0.29) is 19.1 Å². The number of aromatic nitrogens is 1. The lowest BCUT2D eigenvalue weighted by Gasteiger charge is -2.07. The maximum Gasteiger partial charge on any atom is 0.416 e. The second kappa shape index (κ2) is 9.00. The standard InChI is InChI=1S/C21H17F3INO3/c1-13-19(12-28-17-4-2-3-15(11-17)18(25)9-10-27)26-20(29-13)14-5-7-16(8-6-14)21(22,23)24/h2-9,11,27H,10,12H2,1H3/b18-9-. The molecule has 0 saturated heterocycles. The Balaban J connectivity index is 1.73. The van der Waals surface area contributed by atoms with Gasteiger partial charge in [0.25, 0.3) is 0 Å². The SMILES string of the molecule is Cc1oc(-c2ccc(C(F)(F)F)cc2)nc1COc1cccc(/C(I)=C/CO)c1. The molecule has 0 aliphatic heterocycles. The Morgan fingerprint density at radius 1 is 1.21 bits per heavy atom. The fourth-order valence-electron chi connectivity index (χ4n) is 2.57. The van der Waals surface area contributed by atoms with E-state index in [4.69, 9.17) is 14.3 Å². The second-order valence-electron chi connectivity index (χ2n) is 6.15. The van der Waals surface area contributed by atoms with E-state index in [0.717, 1.165) is 21.3 Å². The molecule has 0 aliphatic carbocycles. The van der Waals surface area contributed by atoms with E-state index in [2.05, 4.69) is 27.6 Å². The molecule has 152 valence electrons. The first kappa shape index (κ1) is 21.4. The Morgan fingerprint density at radius 2 is 1.93 bits per heavy atom. The van der Waals surface area contributed by atoms with Crippen molar-refractivity contribution in [3.05, 3.63) is 77.2 Å². The number of hydrogen-bond donors (Lipinski definition) is 1. The molecule has 0 radical (unpaired) electrons. The van der Waals surface area contributed by atoms with Crippen molar-refractivity contribution in [3.63, 3.8) is 0 Å². The van der Waals surface area contributed by atoms with Crippen LogP contribution in [0.2, 0.25) is 0 Å². The third-order valence-electron chi connectivity index (χ3n) is 4.11. The van der Waals surface area contributed by atoms with E-state index >= 15 is 0 Å². The number of aliphatic hydroxyl groups excluding tert-OH is 1. The van der Waals surface area contributed by atoms with Crippen LogP contribution in [-0.2, 0) is 12.8 Å². The van der Waals surface area contributed by atoms with Crippen LogP contribution < -0.4 is 4.74 Å². The van der Waals surface area contributed by atoms with Crippen molar-refractivity contribution in [1.82, 2.24) is 4.98 Å². The minimum Gasteiger partial charge on any atom is -0.487 e. The minimum absolute atomic E-state index is 0.0474. The van der Waals surface area contributed by atoms with E-state index in [9.17, 15) is 13.2 Å². The molecule has 3 aromatic rings. The molecule has 4 nitrogen and oxygen atoms in total. The van der Waals surface area contributed by atoms with Crippen LogP contribution in [0.25, 0.3) is 15.0 Å². The van der Waals surface area contributed by atoms with Gasteiger partial charge in [0.05, 0.1) is 12.2 Å². The number of ether oxygens (including phenoxy) is 1. The van der Waals surface area contributed by atoms with Crippen molar-refractivity contribution in [3.8, 4) is 17.2 Å². The number of oxazole rings is 1. The van der Waals surface area contributed by atoms with Crippen molar-refractivity contribution < 1.29 is 27.4 Å². The Labute approximate surface area is 179 Å². The van der Waals surface area contributed by atoms with Crippen LogP contribution in [0.15, 0.2) is 59.0 Å². The highest BCUT2D eigenvalue weighted by Crippen LogP contribution is 2.31. The van der Waals surface area contributed by atoms with Gasteiger partial charge in [0.1, 0.15) is 23.8 Å². The van der Waals surface area contributed by atoms with Crippen molar-refractivity contribution in [2.75, 3.05) is 6.61 Å². The van der Waals surface area contributed by atoms with Crippen molar-refractivity contribution in [2.45, 2.75) is 19.7 Å². The molecule has 0 spiro atoms. The molecule has 29 heavy (non-hydrogen) atoms. The number of nitrogens with zero attached hydrogens (tertiary/aromatic N) is 1. The van der Waals surface area contributed by atoms with Crippen LogP contribution in [-0.4, -0.2) is 16.7 Å². The minimum atomic E-state index is -4.39. The number of alkyl halides is 3. The fraction of sp³-hybridized carbons (Fsp3) is 0.190. The summed E-state index contributed by atoms with van der Waals surface area (Å²) in [6.45, 7) is 1.83. The molecule has 0 amide bonds. The van der Waals surface area contributed by atoms with Gasteiger partial charge < -0.3 is 14.3 Å². The van der Waals surface area contributed by atoms with Gasteiger partial charge in [-0.3, -0.25) is 0 Å². The van der Waals surface area contributed by atoms with Crippen LogP contribution in [0.1, 0.15) is 22.6 Å². The molecule has 0 aliphatic rings. The van der Waals surface area contributed by atoms with Crippen LogP contribution >= 0.6 is 22.6 Å². The number of aliphatic hydroxyl groups is 1. The number of rotatable bonds is 6. The Bertz CT molecular complexity index is 1010. The number of halogens is 4. The molecule has 0 atom stereocenters. The first-order valence-electron chi connectivity index (χ1n) is 8.61. The van der Waals surface area contributed by atoms with Gasteiger partial charge in [-0.05, 0) is 77.6 Å². The van der Waals surface area contributed by atoms with Crippen LogP contribution in [0.5, 0.6) is 5.75 Å². The highest BCUT2D eigenvalue weighted by molar-refractivity contribution is 14.1. The number of hydrogen-bond acceptors (Lipinski definition) is 4. The maximum absolute atomic E-state index is 12.7. The zero-order valence-electron chi connectivity index (χ0n) is 15.3. The van der Waals surface area contributed by atoms with E-state index in [1.165, 1.54) is 12.1 Å². The zero-order valence-corrected chi connectivity index (χ0v) is 17.5. The zero-order chi connectivity index (χ0) is 21.0. The van der Waals surface area contributed by atoms with Crippen LogP contribution in [0, 0.1) is 6.92 Å². The molecule has 0 unspecified atom stereocenters. The van der Waals surface area contributed by atoms with E-state index in [1.54, 1.807) is 19.1 Å². The summed E-state index contributed by atoms with van der Waals surface area (Å²) in [5, 5.41) is 9.01. The predicted molar refractivity (Wildman–Crippen MR) is 112 cm³/mol. The predicted octanol–water partition coefficient (Wildman–Crippen LogP) is 6.02. The smallest absolute Gasteiger partial charge is 0.416 e. The van der Waals surface area contributed by atoms with Crippen LogP contribution in [0.4, 0.5) is 13.2 Å². The monoisotopic (exact) mass is 515 g/mol. The van der Waals surface area contributed by atoms with E-state index < -0.39 is 11.7 Å². The molecule has 1 aromatic heterocycles. The van der Waals surface area contributed by atoms with E-state index in [0.29, 0.717) is 22.8 Å². The third-order valence-corrected chi connectivity index (χ3v) is 5.17. The molecular formula is C21H17F3INO3. The molecule has 1 N–H and O–H groups in total. The van der Waals surface area contributed by atoms with Gasteiger partial charge in [0.2, 0.25) is 5.89 Å². The molecule has 0 saturated carbocycles. The summed E-state index contributed by atoms with van der Waals surface area (Å²) in [7, 11) is 0. The lowest BCUT2D eigenvalue weighted by Crippen LogP contribution is -2.04. The van der Waals surface area contributed by atoms with Gasteiger partial charge in [-0.1, -0.05) is 12.1 Å². The fourth-order valence-corrected chi connectivity index (χ4v) is 3.10. The largest absolute Gasteiger partial charge is 0.487 e. The topological polar surface area (TPSA) is 55.5 Å². The van der Waals surface area contributed by atoms with Gasteiger partial charge in [-0.2, -0.15) is 13.2 Å². The first-order chi connectivity index (χ1) is 13.8. The number of aryl methyl sites for hydroxylation is 1. The Kier molecular flexibility index (Phi) is 6.63. The Morgan fingerprint density at radius 3 is 2.59 bits per heavy atom. The molecule has 3 rings (SSSR count). The highest BCUT2D eigenvalue weighted by Gasteiger charge is 2.30. The van der Waals surface area contributed by atoms with Gasteiger partial charge >= 0.3 is 6.18 Å². The summed E-state index contributed by atoms with van der Waals surface area (Å²) in [6, 6.07) is 12.1. The number of benzene rings is 2. The molecular weight excluding hydrogens is 498 g/mol. The summed E-state index contributed by atoms with van der Waals surface area (Å²) < 4.78 is 50.4. The first-order valence-corrected chi connectivity index (χ1v) is 9.69. The van der Waals surface area contributed by atoms with Gasteiger partial charge in [0.15, 0.2) is 0 Å². The molecule has 8 heteroatoms. The second-order valence-corrected chi connectivity index (χ2v) is 7.31. The molecule has 0 bridgehead atoms. The molecule has 2 aromatic carbocycles. The maximum atomic E-state index is 12.7. The molecule has 1 heterocycles. The summed E-state index contributed by atoms with van der Waals surface area (Å²) in [4.78, 5) is 4.36. The summed E-state index contributed by atoms with van der Waals surface area (Å²) >= 11 is 2.13. The van der Waals surface area contributed by atoms with Gasteiger partial charge in [-0.25, -0.2) is 4.98 Å². The third kappa shape index (κ3) is 5.39. The Hall–Kier alpha value is -2.33. The summed E-state index contributed by atoms with van der Waals surface area (Å²) in [6.07, 6.45) is -2.69. The highest BCUT2D eigenvalue weighted by atomic mass is 127. The average Bonchev–Trinajstić information content (AvgIpc) is 3.07. The van der Waals surface area contributed by atoms with Gasteiger partial charge in [-0.15, -0.1) is 0 Å². The lowest BCUT2D eigenvalue weighted by molar-refractivity contribution is -0.137. The lowest BCUT2D eigenvalue weighted by atomic mass is 10.1. The average molecular weight is 515 g/mol. The quantitative estimate of drug-likeness (QED) is 0.409. The van der Waals surface area contributed by atoms with Crippen molar-refractivity contribution >= 4 is 26.2 Å². The van der Waals surface area contributed by atoms with Gasteiger partial charge in [0, 0.05) is 9.14 Å². The van der Waals surface area contributed by atoms with Crippen molar-refractivity contribution in [2.24, 2.45) is 0 Å². The summed E-state index contributed by atoms with van der Waals surface area (Å²) in [5.74, 6) is 1.40.